The van der Waals surface area contributed by atoms with E-state index in [-0.39, 0.29) is 0 Å². The minimum Gasteiger partial charge on any atom is -0.386 e. The Kier molecular flexibility index (Phi) is 4.45. The van der Waals surface area contributed by atoms with Gasteiger partial charge in [-0.3, -0.25) is 0 Å². The predicted octanol–water partition coefficient (Wildman–Crippen LogP) is 1.77. The highest BCUT2D eigenvalue weighted by molar-refractivity contribution is 9.09. The molecule has 0 amide bonds. The molecule has 0 aliphatic rings. The van der Waals surface area contributed by atoms with Gasteiger partial charge < -0.3 is 10.4 Å². The van der Waals surface area contributed by atoms with Gasteiger partial charge in [0.05, 0.1) is 11.1 Å². The average molecular weight is 220 g/mol. The van der Waals surface area contributed by atoms with Crippen LogP contribution in [0.3, 0.4) is 0 Å². The minimum absolute atomic E-state index is 0.667. The quantitative estimate of drug-likeness (QED) is 0.430. The van der Waals surface area contributed by atoms with Gasteiger partial charge in [0.15, 0.2) is 0 Å². The normalized spacial score (nSPS) is 12.9. The summed E-state index contributed by atoms with van der Waals surface area (Å²) in [4.78, 5) is 0. The Hall–Kier alpha value is -0.280. The molecule has 0 unspecified atom stereocenters. The van der Waals surface area contributed by atoms with E-state index in [2.05, 4.69) is 27.8 Å². The third-order valence-electron chi connectivity index (χ3n) is 1.26. The molecular weight excluding hydrogens is 206 g/mol. The summed E-state index contributed by atoms with van der Waals surface area (Å²) in [5, 5.41) is 12.4. The van der Waals surface area contributed by atoms with E-state index in [4.69, 9.17) is 0 Å². The third kappa shape index (κ3) is 4.22. The number of rotatable bonds is 4. The lowest BCUT2D eigenvalue weighted by molar-refractivity contribution is 0.123. The fourth-order valence-corrected chi connectivity index (χ4v) is 0.796. The molecule has 0 aromatic heterocycles. The second kappa shape index (κ2) is 4.57. The van der Waals surface area contributed by atoms with E-state index in [1.54, 1.807) is 26.1 Å². The van der Waals surface area contributed by atoms with Crippen LogP contribution >= 0.6 is 15.9 Å². The molecule has 0 bridgehead atoms. The second-order valence-electron chi connectivity index (χ2n) is 2.70. The van der Waals surface area contributed by atoms with E-state index in [1.807, 2.05) is 0 Å². The molecule has 2 N–H and O–H groups in total. The van der Waals surface area contributed by atoms with Gasteiger partial charge in [-0.1, -0.05) is 28.6 Å². The molecule has 0 aliphatic heterocycles. The van der Waals surface area contributed by atoms with Gasteiger partial charge in [0.1, 0.15) is 0 Å². The van der Waals surface area contributed by atoms with Crippen LogP contribution in [0.4, 0.5) is 0 Å². The summed E-state index contributed by atoms with van der Waals surface area (Å²) in [5.74, 6) is 0. The lowest BCUT2D eigenvalue weighted by Gasteiger charge is -2.18. The van der Waals surface area contributed by atoms with Crippen LogP contribution in [0.25, 0.3) is 0 Å². The largest absolute Gasteiger partial charge is 0.386 e. The lowest BCUT2D eigenvalue weighted by atomic mass is 9.99. The molecule has 0 rings (SSSR count). The third-order valence-corrected chi connectivity index (χ3v) is 1.58. The lowest BCUT2D eigenvalue weighted by Crippen LogP contribution is -2.22. The van der Waals surface area contributed by atoms with Crippen molar-refractivity contribution in [2.75, 3.05) is 5.45 Å². The van der Waals surface area contributed by atoms with Gasteiger partial charge in [0.25, 0.3) is 0 Å². The van der Waals surface area contributed by atoms with Crippen LogP contribution in [-0.4, -0.2) is 16.2 Å². The minimum atomic E-state index is -0.822. The molecule has 2 nitrogen and oxygen atoms in total. The first-order valence-corrected chi connectivity index (χ1v) is 4.49. The summed E-state index contributed by atoms with van der Waals surface area (Å²) in [7, 11) is 0. The molecule has 0 atom stereocenters. The standard InChI is InChI=1S/C8H14BrNO/c1-4-7(5-10-6-9)8(2,3)11/h4-5,10-11H,1,6H2,2-3H3/b7-5-. The fraction of sp³-hybridized carbons (Fsp3) is 0.500. The molecule has 0 heterocycles. The smallest absolute Gasteiger partial charge is 0.0854 e. The number of aliphatic hydroxyl groups is 1. The van der Waals surface area contributed by atoms with Crippen LogP contribution < -0.4 is 5.32 Å². The monoisotopic (exact) mass is 219 g/mol. The number of hydrogen-bond donors (Lipinski definition) is 2. The highest BCUT2D eigenvalue weighted by Crippen LogP contribution is 2.14. The molecule has 3 heteroatoms. The summed E-state index contributed by atoms with van der Waals surface area (Å²) in [6.07, 6.45) is 3.37. The van der Waals surface area contributed by atoms with Crippen molar-refractivity contribution in [2.24, 2.45) is 0 Å². The molecule has 0 spiro atoms. The Balaban J connectivity index is 4.27. The molecule has 11 heavy (non-hydrogen) atoms. The van der Waals surface area contributed by atoms with Crippen molar-refractivity contribution in [3.63, 3.8) is 0 Å². The first kappa shape index (κ1) is 10.7. The summed E-state index contributed by atoms with van der Waals surface area (Å²) in [6.45, 7) is 7.03. The molecule has 0 aromatic carbocycles. The highest BCUT2D eigenvalue weighted by Gasteiger charge is 2.15. The van der Waals surface area contributed by atoms with Crippen LogP contribution in [0.1, 0.15) is 13.8 Å². The first-order chi connectivity index (χ1) is 5.02. The van der Waals surface area contributed by atoms with Gasteiger partial charge in [0.2, 0.25) is 0 Å². The van der Waals surface area contributed by atoms with Crippen LogP contribution in [0.15, 0.2) is 24.4 Å². The van der Waals surface area contributed by atoms with Gasteiger partial charge in [0, 0.05) is 6.20 Å². The number of halogens is 1. The van der Waals surface area contributed by atoms with Crippen molar-refractivity contribution >= 4 is 15.9 Å². The van der Waals surface area contributed by atoms with E-state index in [1.165, 1.54) is 0 Å². The predicted molar refractivity (Wildman–Crippen MR) is 51.5 cm³/mol. The van der Waals surface area contributed by atoms with Crippen molar-refractivity contribution in [1.29, 1.82) is 0 Å². The Morgan fingerprint density at radius 3 is 2.55 bits per heavy atom. The second-order valence-corrected chi connectivity index (χ2v) is 3.26. The number of hydrogen-bond acceptors (Lipinski definition) is 2. The van der Waals surface area contributed by atoms with Crippen molar-refractivity contribution in [3.8, 4) is 0 Å². The van der Waals surface area contributed by atoms with Crippen molar-refractivity contribution in [1.82, 2.24) is 5.32 Å². The molecule has 0 radical (unpaired) electrons. The SMILES string of the molecule is C=C/C(=C/NCBr)C(C)(C)O. The van der Waals surface area contributed by atoms with E-state index >= 15 is 0 Å². The molecule has 0 saturated heterocycles. The first-order valence-electron chi connectivity index (χ1n) is 3.37. The molecule has 0 aromatic rings. The molecule has 0 fully saturated rings. The van der Waals surface area contributed by atoms with Crippen LogP contribution in [0.5, 0.6) is 0 Å². The Bertz CT molecular complexity index is 158. The summed E-state index contributed by atoms with van der Waals surface area (Å²) < 4.78 is 0. The van der Waals surface area contributed by atoms with Crippen molar-refractivity contribution in [2.45, 2.75) is 19.4 Å². The Morgan fingerprint density at radius 2 is 2.27 bits per heavy atom. The summed E-state index contributed by atoms with van der Waals surface area (Å²) >= 11 is 3.20. The zero-order valence-electron chi connectivity index (χ0n) is 6.89. The summed E-state index contributed by atoms with van der Waals surface area (Å²) in [5.41, 5.74) is 0.620. The van der Waals surface area contributed by atoms with Crippen molar-refractivity contribution in [3.05, 3.63) is 24.4 Å². The zero-order chi connectivity index (χ0) is 8.91. The highest BCUT2D eigenvalue weighted by atomic mass is 79.9. The fourth-order valence-electron chi connectivity index (χ4n) is 0.634. The molecule has 0 aliphatic carbocycles. The van der Waals surface area contributed by atoms with E-state index in [0.717, 1.165) is 5.57 Å². The van der Waals surface area contributed by atoms with Gasteiger partial charge >= 0.3 is 0 Å². The molecule has 0 saturated carbocycles. The van der Waals surface area contributed by atoms with Crippen LogP contribution in [-0.2, 0) is 0 Å². The Morgan fingerprint density at radius 1 is 1.73 bits per heavy atom. The maximum Gasteiger partial charge on any atom is 0.0854 e. The molecular formula is C8H14BrNO. The maximum atomic E-state index is 9.51. The summed E-state index contributed by atoms with van der Waals surface area (Å²) in [6, 6.07) is 0. The van der Waals surface area contributed by atoms with Gasteiger partial charge in [-0.25, -0.2) is 0 Å². The van der Waals surface area contributed by atoms with Gasteiger partial charge in [-0.2, -0.15) is 0 Å². The van der Waals surface area contributed by atoms with Gasteiger partial charge in [-0.05, 0) is 19.4 Å². The van der Waals surface area contributed by atoms with E-state index < -0.39 is 5.60 Å². The topological polar surface area (TPSA) is 32.3 Å². The maximum absolute atomic E-state index is 9.51. The van der Waals surface area contributed by atoms with Crippen LogP contribution in [0.2, 0.25) is 0 Å². The van der Waals surface area contributed by atoms with E-state index in [9.17, 15) is 5.11 Å². The van der Waals surface area contributed by atoms with Gasteiger partial charge in [-0.15, -0.1) is 0 Å². The van der Waals surface area contributed by atoms with Crippen LogP contribution in [0, 0.1) is 0 Å². The zero-order valence-corrected chi connectivity index (χ0v) is 8.48. The van der Waals surface area contributed by atoms with Crippen molar-refractivity contribution < 1.29 is 5.11 Å². The number of alkyl halides is 1. The van der Waals surface area contributed by atoms with E-state index in [0.29, 0.717) is 5.45 Å². The average Bonchev–Trinajstić information content (AvgIpc) is 1.87. The Labute approximate surface area is 76.1 Å². The molecule has 64 valence electrons. The number of nitrogens with one attached hydrogen (secondary N) is 1.